The molecule has 3 aromatic rings. The van der Waals surface area contributed by atoms with Crippen LogP contribution in [0.2, 0.25) is 0 Å². The third-order valence-corrected chi connectivity index (χ3v) is 6.10. The highest BCUT2D eigenvalue weighted by Crippen LogP contribution is 2.16. The maximum absolute atomic E-state index is 12.5. The van der Waals surface area contributed by atoms with E-state index in [1.54, 1.807) is 24.3 Å². The molecule has 0 atom stereocenters. The molecule has 3 rings (SSSR count). The number of hydrogen-bond donors (Lipinski definition) is 0. The molecule has 2 aromatic carbocycles. The van der Waals surface area contributed by atoms with Gasteiger partial charge in [-0.05, 0) is 61.0 Å². The van der Waals surface area contributed by atoms with Crippen molar-refractivity contribution in [1.82, 2.24) is 14.4 Å². The summed E-state index contributed by atoms with van der Waals surface area (Å²) in [5.41, 5.74) is 1.64. The molecule has 0 amide bonds. The van der Waals surface area contributed by atoms with Crippen molar-refractivity contribution in [2.75, 3.05) is 0 Å². The van der Waals surface area contributed by atoms with E-state index in [1.807, 2.05) is 37.3 Å². The second-order valence-electron chi connectivity index (χ2n) is 5.95. The van der Waals surface area contributed by atoms with Crippen LogP contribution in [-0.2, 0) is 16.4 Å². The molecular weight excluding hydrogens is 378 g/mol. The number of thioether (sulfide) groups is 1. The fraction of sp³-hybridized carbons (Fsp3) is 0.200. The summed E-state index contributed by atoms with van der Waals surface area (Å²) >= 11 is 1.50. The molecular formula is C20H19N3O2S2. The Bertz CT molecular complexity index is 1050. The first-order chi connectivity index (χ1) is 13.1. The lowest BCUT2D eigenvalue weighted by Gasteiger charge is -2.03. The Morgan fingerprint density at radius 1 is 1.07 bits per heavy atom. The molecule has 1 aromatic heterocycles. The predicted molar refractivity (Wildman–Crippen MR) is 107 cm³/mol. The van der Waals surface area contributed by atoms with Crippen molar-refractivity contribution in [2.45, 2.75) is 36.0 Å². The van der Waals surface area contributed by atoms with Crippen LogP contribution in [0.5, 0.6) is 0 Å². The number of rotatable bonds is 6. The first-order valence-corrected chi connectivity index (χ1v) is 10.7. The van der Waals surface area contributed by atoms with Crippen LogP contribution < -0.4 is 0 Å². The molecule has 1 heterocycles. The Labute approximate surface area is 163 Å². The number of aryl methyl sites for hydroxylation is 2. The van der Waals surface area contributed by atoms with Crippen molar-refractivity contribution in [3.63, 3.8) is 0 Å². The van der Waals surface area contributed by atoms with Crippen LogP contribution in [-0.4, -0.2) is 22.8 Å². The molecule has 0 aliphatic rings. The molecule has 0 aliphatic heterocycles. The van der Waals surface area contributed by atoms with Crippen LogP contribution in [0, 0.1) is 18.1 Å². The average Bonchev–Trinajstić information content (AvgIpc) is 3.15. The fourth-order valence-corrected chi connectivity index (χ4v) is 4.00. The summed E-state index contributed by atoms with van der Waals surface area (Å²) in [6.45, 7) is 1.91. The van der Waals surface area contributed by atoms with Gasteiger partial charge in [0.1, 0.15) is 0 Å². The quantitative estimate of drug-likeness (QED) is 0.359. The molecule has 0 bridgehead atoms. The third kappa shape index (κ3) is 5.22. The zero-order valence-electron chi connectivity index (χ0n) is 14.9. The minimum Gasteiger partial charge on any atom is -0.199 e. The van der Waals surface area contributed by atoms with Gasteiger partial charge in [-0.15, -0.1) is 9.19 Å². The highest BCUT2D eigenvalue weighted by atomic mass is 32.2. The number of nitrogens with zero attached hydrogens (tertiary/aromatic N) is 3. The molecule has 0 unspecified atom stereocenters. The van der Waals surface area contributed by atoms with Gasteiger partial charge >= 0.3 is 0 Å². The number of benzene rings is 2. The number of unbranched alkanes of at least 4 members (excludes halogenated alkanes) is 1. The van der Waals surface area contributed by atoms with Gasteiger partial charge < -0.3 is 0 Å². The molecule has 7 heteroatoms. The van der Waals surface area contributed by atoms with Crippen molar-refractivity contribution in [3.05, 3.63) is 72.1 Å². The highest BCUT2D eigenvalue weighted by molar-refractivity contribution is 8.03. The second kappa shape index (κ2) is 8.89. The average molecular weight is 398 g/mol. The van der Waals surface area contributed by atoms with Gasteiger partial charge in [0.15, 0.2) is 0 Å². The first kappa shape index (κ1) is 19.2. The molecule has 0 N–H and O–H groups in total. The van der Waals surface area contributed by atoms with E-state index in [4.69, 9.17) is 0 Å². The van der Waals surface area contributed by atoms with Gasteiger partial charge in [0.25, 0.3) is 10.0 Å². The topological polar surface area (TPSA) is 64.8 Å². The Morgan fingerprint density at radius 3 is 2.56 bits per heavy atom. The van der Waals surface area contributed by atoms with Gasteiger partial charge in [0.05, 0.1) is 16.8 Å². The van der Waals surface area contributed by atoms with Gasteiger partial charge in [-0.3, -0.25) is 0 Å². The largest absolute Gasteiger partial charge is 0.284 e. The summed E-state index contributed by atoms with van der Waals surface area (Å²) in [6, 6.07) is 16.7. The molecule has 27 heavy (non-hydrogen) atoms. The van der Waals surface area contributed by atoms with E-state index in [0.29, 0.717) is 12.1 Å². The van der Waals surface area contributed by atoms with Gasteiger partial charge in [-0.2, -0.15) is 8.42 Å². The van der Waals surface area contributed by atoms with Crippen molar-refractivity contribution >= 4 is 21.8 Å². The lowest BCUT2D eigenvalue weighted by Crippen LogP contribution is -2.13. The van der Waals surface area contributed by atoms with Crippen LogP contribution in [0.3, 0.4) is 0 Å². The molecule has 5 nitrogen and oxygen atoms in total. The number of hydrogen-bond acceptors (Lipinski definition) is 5. The van der Waals surface area contributed by atoms with Crippen LogP contribution in [0.4, 0.5) is 0 Å². The van der Waals surface area contributed by atoms with E-state index in [1.165, 1.54) is 18.0 Å². The number of aromatic nitrogens is 3. The summed E-state index contributed by atoms with van der Waals surface area (Å²) in [5, 5.41) is 10.8. The van der Waals surface area contributed by atoms with Crippen LogP contribution in [0.15, 0.2) is 70.6 Å². The molecule has 0 spiro atoms. The first-order valence-electron chi connectivity index (χ1n) is 8.49. The second-order valence-corrected chi connectivity index (χ2v) is 8.62. The summed E-state index contributed by atoms with van der Waals surface area (Å²) < 4.78 is 26.0. The highest BCUT2D eigenvalue weighted by Gasteiger charge is 2.18. The van der Waals surface area contributed by atoms with E-state index < -0.39 is 10.0 Å². The Kier molecular flexibility index (Phi) is 6.32. The van der Waals surface area contributed by atoms with Crippen LogP contribution in [0.1, 0.15) is 24.1 Å². The van der Waals surface area contributed by atoms with Crippen molar-refractivity contribution in [2.24, 2.45) is 0 Å². The summed E-state index contributed by atoms with van der Waals surface area (Å²) in [7, 11) is -3.69. The van der Waals surface area contributed by atoms with E-state index in [0.717, 1.165) is 27.4 Å². The molecule has 0 saturated heterocycles. The minimum absolute atomic E-state index is 0.202. The van der Waals surface area contributed by atoms with Gasteiger partial charge in [-0.1, -0.05) is 47.0 Å². The van der Waals surface area contributed by atoms with Crippen molar-refractivity contribution < 1.29 is 8.42 Å². The lowest BCUT2D eigenvalue weighted by molar-refractivity contribution is 0.577. The Hall–Kier alpha value is -2.56. The predicted octanol–water partition coefficient (Wildman–Crippen LogP) is 3.90. The van der Waals surface area contributed by atoms with Crippen LogP contribution >= 0.6 is 11.8 Å². The summed E-state index contributed by atoms with van der Waals surface area (Å²) in [5.74, 6) is 3.11. The molecule has 0 saturated carbocycles. The monoisotopic (exact) mass is 397 g/mol. The smallest absolute Gasteiger partial charge is 0.199 e. The zero-order valence-corrected chi connectivity index (χ0v) is 16.5. The molecule has 0 aliphatic carbocycles. The normalized spacial score (nSPS) is 11.0. The Balaban J connectivity index is 1.53. The maximum Gasteiger partial charge on any atom is 0.284 e. The summed E-state index contributed by atoms with van der Waals surface area (Å²) in [6.07, 6.45) is 3.62. The van der Waals surface area contributed by atoms with E-state index >= 15 is 0 Å². The van der Waals surface area contributed by atoms with E-state index in [2.05, 4.69) is 21.5 Å². The van der Waals surface area contributed by atoms with Gasteiger partial charge in [0, 0.05) is 11.3 Å². The standard InChI is InChI=1S/C20H19N3O2S2/c1-17-11-13-20(14-12-17)27(24,25)23-16-18(21-22-23)8-4-3-7-15-26-19-9-5-2-6-10-19/h2,5-6,9-14,16H,3-4,8H2,1H3. The van der Waals surface area contributed by atoms with Gasteiger partial charge in [0.2, 0.25) is 0 Å². The van der Waals surface area contributed by atoms with Crippen LogP contribution in [0.25, 0.3) is 0 Å². The maximum atomic E-state index is 12.5. The lowest BCUT2D eigenvalue weighted by atomic mass is 10.2. The van der Waals surface area contributed by atoms with E-state index in [-0.39, 0.29) is 4.90 Å². The zero-order chi connectivity index (χ0) is 19.1. The van der Waals surface area contributed by atoms with E-state index in [9.17, 15) is 8.42 Å². The van der Waals surface area contributed by atoms with Gasteiger partial charge in [-0.25, -0.2) is 0 Å². The Morgan fingerprint density at radius 2 is 1.81 bits per heavy atom. The molecule has 0 radical (unpaired) electrons. The van der Waals surface area contributed by atoms with Crippen molar-refractivity contribution in [1.29, 1.82) is 0 Å². The van der Waals surface area contributed by atoms with Crippen molar-refractivity contribution in [3.8, 4) is 11.2 Å². The molecule has 0 fully saturated rings. The minimum atomic E-state index is -3.69. The fourth-order valence-electron chi connectivity index (χ4n) is 2.32. The third-order valence-electron chi connectivity index (χ3n) is 3.80. The SMILES string of the molecule is Cc1ccc(S(=O)(=O)n2cc(CCCC#CSc3ccccc3)nn2)cc1. The summed E-state index contributed by atoms with van der Waals surface area (Å²) in [4.78, 5) is 1.32. The molecule has 138 valence electrons.